The molecule has 14 heavy (non-hydrogen) atoms. The van der Waals surface area contributed by atoms with Gasteiger partial charge in [0.15, 0.2) is 0 Å². The van der Waals surface area contributed by atoms with E-state index in [1.54, 1.807) is 0 Å². The Morgan fingerprint density at radius 3 is 2.57 bits per heavy atom. The van der Waals surface area contributed by atoms with Gasteiger partial charge in [-0.2, -0.15) is 0 Å². The molecule has 0 heteroatoms. The highest BCUT2D eigenvalue weighted by Gasteiger charge is 1.97. The third-order valence-electron chi connectivity index (χ3n) is 2.34. The maximum absolute atomic E-state index is 3.75. The summed E-state index contributed by atoms with van der Waals surface area (Å²) in [5.41, 5.74) is 5.74. The molecule has 0 atom stereocenters. The first kappa shape index (κ1) is 10.8. The molecule has 1 aromatic carbocycles. The smallest absolute Gasteiger partial charge is 0.000892 e. The molecule has 0 spiro atoms. The molecule has 0 aliphatic rings. The lowest BCUT2D eigenvalue weighted by Crippen LogP contribution is -1.89. The molecule has 0 heterocycles. The van der Waals surface area contributed by atoms with E-state index in [-0.39, 0.29) is 0 Å². The quantitative estimate of drug-likeness (QED) is 0.606. The molecule has 0 aromatic heterocycles. The summed E-state index contributed by atoms with van der Waals surface area (Å²) < 4.78 is 0. The Hall–Kier alpha value is -1.26. The number of rotatable bonds is 5. The van der Waals surface area contributed by atoms with Crippen LogP contribution in [0.3, 0.4) is 0 Å². The third-order valence-corrected chi connectivity index (χ3v) is 2.34. The van der Waals surface area contributed by atoms with E-state index in [1.807, 2.05) is 6.07 Å². The van der Waals surface area contributed by atoms with E-state index in [0.29, 0.717) is 0 Å². The van der Waals surface area contributed by atoms with Crippen LogP contribution in [0.2, 0.25) is 0 Å². The topological polar surface area (TPSA) is 0 Å². The van der Waals surface area contributed by atoms with Gasteiger partial charge < -0.3 is 0 Å². The fourth-order valence-electron chi connectivity index (χ4n) is 1.47. The predicted octanol–water partition coefficient (Wildman–Crippen LogP) is 4.13. The molecular formula is C14H18. The normalized spacial score (nSPS) is 9.50. The molecule has 0 bridgehead atoms. The van der Waals surface area contributed by atoms with Crippen molar-refractivity contribution in [3.05, 3.63) is 53.8 Å². The van der Waals surface area contributed by atoms with Crippen molar-refractivity contribution >= 4 is 0 Å². The molecule has 0 aliphatic carbocycles. The molecule has 0 radical (unpaired) electrons. The standard InChI is InChI=1S/C14H18/c1-3-5-9-13(4-2)12-14-10-7-6-8-11-14/h6-8,10-11H,2-3,5,9,12H2,1H3. The number of hydrogen-bond donors (Lipinski definition) is 0. The Bertz CT molecular complexity index is 302. The van der Waals surface area contributed by atoms with Crippen molar-refractivity contribution < 1.29 is 0 Å². The van der Waals surface area contributed by atoms with Crippen molar-refractivity contribution in [3.63, 3.8) is 0 Å². The number of allylic oxidation sites excluding steroid dienone is 1. The van der Waals surface area contributed by atoms with Crippen LogP contribution >= 0.6 is 0 Å². The molecule has 0 saturated carbocycles. The van der Waals surface area contributed by atoms with Gasteiger partial charge in [0.1, 0.15) is 0 Å². The summed E-state index contributed by atoms with van der Waals surface area (Å²) >= 11 is 0. The molecule has 1 rings (SSSR count). The second-order valence-electron chi connectivity index (χ2n) is 3.55. The van der Waals surface area contributed by atoms with Crippen LogP contribution in [0.1, 0.15) is 31.7 Å². The van der Waals surface area contributed by atoms with Gasteiger partial charge in [0.25, 0.3) is 0 Å². The zero-order valence-electron chi connectivity index (χ0n) is 8.92. The fourth-order valence-corrected chi connectivity index (χ4v) is 1.47. The van der Waals surface area contributed by atoms with Gasteiger partial charge >= 0.3 is 0 Å². The molecule has 0 fully saturated rings. The van der Waals surface area contributed by atoms with Gasteiger partial charge in [0, 0.05) is 6.42 Å². The van der Waals surface area contributed by atoms with Crippen molar-refractivity contribution in [3.8, 4) is 0 Å². The average molecular weight is 186 g/mol. The van der Waals surface area contributed by atoms with Gasteiger partial charge in [-0.25, -0.2) is 0 Å². The van der Waals surface area contributed by atoms with E-state index in [4.69, 9.17) is 0 Å². The van der Waals surface area contributed by atoms with Crippen LogP contribution in [0.4, 0.5) is 0 Å². The van der Waals surface area contributed by atoms with Gasteiger partial charge in [0.2, 0.25) is 0 Å². The largest absolute Gasteiger partial charge is 0.129 e. The van der Waals surface area contributed by atoms with Crippen molar-refractivity contribution in [1.29, 1.82) is 0 Å². The van der Waals surface area contributed by atoms with Crippen molar-refractivity contribution in [2.75, 3.05) is 0 Å². The summed E-state index contributed by atoms with van der Waals surface area (Å²) in [6, 6.07) is 10.5. The second kappa shape index (κ2) is 6.23. The maximum Gasteiger partial charge on any atom is 0.000892 e. The number of unbranched alkanes of at least 4 members (excludes halogenated alkanes) is 1. The van der Waals surface area contributed by atoms with Crippen LogP contribution in [0.15, 0.2) is 48.2 Å². The first-order valence-corrected chi connectivity index (χ1v) is 5.28. The number of hydrogen-bond acceptors (Lipinski definition) is 0. The van der Waals surface area contributed by atoms with Gasteiger partial charge in [-0.15, -0.1) is 5.73 Å². The Labute approximate surface area is 87.0 Å². The molecule has 1 aromatic rings. The Balaban J connectivity index is 2.54. The highest BCUT2D eigenvalue weighted by atomic mass is 14.0. The molecule has 0 aliphatic heterocycles. The van der Waals surface area contributed by atoms with Crippen LogP contribution < -0.4 is 0 Å². The van der Waals surface area contributed by atoms with Crippen LogP contribution in [0.25, 0.3) is 0 Å². The fraction of sp³-hybridized carbons (Fsp3) is 0.357. The molecule has 0 saturated heterocycles. The molecular weight excluding hydrogens is 168 g/mol. The highest BCUT2D eigenvalue weighted by molar-refractivity contribution is 5.21. The summed E-state index contributed by atoms with van der Waals surface area (Å²) in [6.45, 7) is 5.96. The summed E-state index contributed by atoms with van der Waals surface area (Å²) in [7, 11) is 0. The molecule has 0 N–H and O–H groups in total. The van der Waals surface area contributed by atoms with Crippen LogP contribution in [0.5, 0.6) is 0 Å². The van der Waals surface area contributed by atoms with Crippen LogP contribution in [0, 0.1) is 0 Å². The van der Waals surface area contributed by atoms with Crippen molar-refractivity contribution in [1.82, 2.24) is 0 Å². The van der Waals surface area contributed by atoms with Gasteiger partial charge in [-0.05, 0) is 24.0 Å². The SMILES string of the molecule is C=C=C(CCCC)Cc1ccccc1. The lowest BCUT2D eigenvalue weighted by Gasteiger charge is -2.03. The van der Waals surface area contributed by atoms with E-state index < -0.39 is 0 Å². The molecule has 0 unspecified atom stereocenters. The molecule has 0 amide bonds. The van der Waals surface area contributed by atoms with Gasteiger partial charge in [-0.3, -0.25) is 0 Å². The minimum atomic E-state index is 1.00. The maximum atomic E-state index is 3.75. The summed E-state index contributed by atoms with van der Waals surface area (Å²) in [5, 5.41) is 0. The Morgan fingerprint density at radius 1 is 1.29 bits per heavy atom. The monoisotopic (exact) mass is 186 g/mol. The minimum Gasteiger partial charge on any atom is -0.129 e. The van der Waals surface area contributed by atoms with E-state index in [2.05, 4.69) is 43.5 Å². The third kappa shape index (κ3) is 3.64. The summed E-state index contributed by atoms with van der Waals surface area (Å²) in [4.78, 5) is 0. The average Bonchev–Trinajstić information content (AvgIpc) is 2.25. The van der Waals surface area contributed by atoms with Crippen LogP contribution in [-0.2, 0) is 6.42 Å². The zero-order valence-corrected chi connectivity index (χ0v) is 8.92. The first-order chi connectivity index (χ1) is 6.86. The summed E-state index contributed by atoms with van der Waals surface area (Å²) in [6.07, 6.45) is 4.61. The van der Waals surface area contributed by atoms with E-state index >= 15 is 0 Å². The van der Waals surface area contributed by atoms with Gasteiger partial charge in [0.05, 0.1) is 0 Å². The molecule has 74 valence electrons. The Kier molecular flexibility index (Phi) is 4.82. The second-order valence-corrected chi connectivity index (χ2v) is 3.55. The molecule has 0 nitrogen and oxygen atoms in total. The zero-order chi connectivity index (χ0) is 10.2. The van der Waals surface area contributed by atoms with Crippen molar-refractivity contribution in [2.45, 2.75) is 32.6 Å². The van der Waals surface area contributed by atoms with Crippen LogP contribution in [-0.4, -0.2) is 0 Å². The predicted molar refractivity (Wildman–Crippen MR) is 62.3 cm³/mol. The van der Waals surface area contributed by atoms with E-state index in [0.717, 1.165) is 12.8 Å². The summed E-state index contributed by atoms with van der Waals surface area (Å²) in [5.74, 6) is 0. The van der Waals surface area contributed by atoms with E-state index in [1.165, 1.54) is 24.0 Å². The Morgan fingerprint density at radius 2 is 2.00 bits per heavy atom. The first-order valence-electron chi connectivity index (χ1n) is 5.28. The van der Waals surface area contributed by atoms with E-state index in [9.17, 15) is 0 Å². The van der Waals surface area contributed by atoms with Gasteiger partial charge in [-0.1, -0.05) is 50.3 Å². The number of benzene rings is 1. The van der Waals surface area contributed by atoms with Crippen molar-refractivity contribution in [2.24, 2.45) is 0 Å². The lowest BCUT2D eigenvalue weighted by atomic mass is 10.0. The highest BCUT2D eigenvalue weighted by Crippen LogP contribution is 2.12. The minimum absolute atomic E-state index is 1.00. The lowest BCUT2D eigenvalue weighted by molar-refractivity contribution is 0.773.